The Balaban J connectivity index is 1.66. The Bertz CT molecular complexity index is 686. The number of oxime groups is 1. The summed E-state index contributed by atoms with van der Waals surface area (Å²) < 4.78 is 0. The summed E-state index contributed by atoms with van der Waals surface area (Å²) in [5.74, 6) is 0.737. The zero-order valence-electron chi connectivity index (χ0n) is 13.6. The van der Waals surface area contributed by atoms with E-state index in [1.807, 2.05) is 24.8 Å². The van der Waals surface area contributed by atoms with E-state index in [0.717, 1.165) is 33.5 Å². The third-order valence-electron chi connectivity index (χ3n) is 6.75. The predicted octanol–water partition coefficient (Wildman–Crippen LogP) is 5.62. The molecule has 1 aromatic carbocycles. The highest BCUT2D eigenvalue weighted by Crippen LogP contribution is 2.74. The molecule has 2 saturated carbocycles. The number of hydrogen-bond donors (Lipinski definition) is 0. The molecule has 2 fully saturated rings. The van der Waals surface area contributed by atoms with Gasteiger partial charge in [0, 0.05) is 22.4 Å². The van der Waals surface area contributed by atoms with E-state index < -0.39 is 0 Å². The van der Waals surface area contributed by atoms with Gasteiger partial charge in [0.05, 0.1) is 0 Å². The first kappa shape index (κ1) is 14.9. The standard InChI is InChI=1S/C18H22ClNOS/c1-11-5-6-12(9-14(11)19)15-20-21-18(22-15)10-13-7-8-17(18,4)16(13,2)3/h5-6,9,13H,7-8,10H2,1-4H3/t13-,17-,18-/m1/s1. The Morgan fingerprint density at radius 3 is 2.68 bits per heavy atom. The van der Waals surface area contributed by atoms with Gasteiger partial charge in [-0.25, -0.2) is 0 Å². The third-order valence-corrected chi connectivity index (χ3v) is 8.68. The van der Waals surface area contributed by atoms with Gasteiger partial charge in [-0.3, -0.25) is 0 Å². The van der Waals surface area contributed by atoms with Crippen LogP contribution in [-0.4, -0.2) is 9.98 Å². The average Bonchev–Trinajstić information content (AvgIpc) is 3.03. The van der Waals surface area contributed by atoms with E-state index in [-0.39, 0.29) is 10.3 Å². The molecule has 1 spiro atoms. The minimum atomic E-state index is -0.188. The number of fused-ring (bicyclic) bond motifs is 3. The number of rotatable bonds is 1. The summed E-state index contributed by atoms with van der Waals surface area (Å²) in [6, 6.07) is 6.15. The smallest absolute Gasteiger partial charge is 0.194 e. The normalized spacial score (nSPS) is 38.4. The van der Waals surface area contributed by atoms with Gasteiger partial charge < -0.3 is 4.84 Å². The average molecular weight is 336 g/mol. The zero-order valence-corrected chi connectivity index (χ0v) is 15.1. The fourth-order valence-corrected chi connectivity index (χ4v) is 6.38. The molecule has 3 aliphatic rings. The maximum absolute atomic E-state index is 6.27. The van der Waals surface area contributed by atoms with E-state index in [1.54, 1.807) is 0 Å². The summed E-state index contributed by atoms with van der Waals surface area (Å²) in [4.78, 5) is 5.93. The summed E-state index contributed by atoms with van der Waals surface area (Å²) in [7, 11) is 0. The SMILES string of the molecule is Cc1ccc(C2=NO[C@]3(C[C@H]4CC[C@]3(C)C4(C)C)S2)cc1Cl. The van der Waals surface area contributed by atoms with Crippen LogP contribution in [0.25, 0.3) is 0 Å². The fraction of sp³-hybridized carbons (Fsp3) is 0.611. The van der Waals surface area contributed by atoms with E-state index in [4.69, 9.17) is 16.4 Å². The van der Waals surface area contributed by atoms with Crippen LogP contribution >= 0.6 is 23.4 Å². The molecule has 2 bridgehead atoms. The summed E-state index contributed by atoms with van der Waals surface area (Å²) in [5, 5.41) is 6.23. The molecule has 1 aliphatic heterocycles. The zero-order chi connectivity index (χ0) is 15.8. The molecule has 4 rings (SSSR count). The molecule has 0 N–H and O–H groups in total. The molecule has 4 heteroatoms. The Hall–Kier alpha value is -0.670. The first-order valence-electron chi connectivity index (χ1n) is 8.01. The van der Waals surface area contributed by atoms with Gasteiger partial charge in [0.15, 0.2) is 4.93 Å². The maximum atomic E-state index is 6.27. The minimum Gasteiger partial charge on any atom is -0.376 e. The van der Waals surface area contributed by atoms with E-state index in [1.165, 1.54) is 12.8 Å². The van der Waals surface area contributed by atoms with Crippen molar-refractivity contribution in [2.75, 3.05) is 0 Å². The molecule has 118 valence electrons. The lowest BCUT2D eigenvalue weighted by atomic mass is 9.69. The van der Waals surface area contributed by atoms with Gasteiger partial charge in [-0.05, 0) is 42.7 Å². The molecule has 1 heterocycles. The number of aryl methyl sites for hydroxylation is 1. The lowest BCUT2D eigenvalue weighted by Crippen LogP contribution is -2.44. The summed E-state index contributed by atoms with van der Waals surface area (Å²) in [6.07, 6.45) is 3.66. The van der Waals surface area contributed by atoms with Crippen molar-refractivity contribution in [2.24, 2.45) is 21.9 Å². The van der Waals surface area contributed by atoms with Gasteiger partial charge in [-0.1, -0.05) is 61.4 Å². The Morgan fingerprint density at radius 2 is 2.09 bits per heavy atom. The molecule has 0 amide bonds. The molecule has 1 aromatic rings. The quantitative estimate of drug-likeness (QED) is 0.664. The highest BCUT2D eigenvalue weighted by atomic mass is 35.5. The largest absolute Gasteiger partial charge is 0.376 e. The molecule has 3 atom stereocenters. The molecule has 0 aromatic heterocycles. The van der Waals surface area contributed by atoms with Crippen LogP contribution < -0.4 is 0 Å². The third kappa shape index (κ3) is 1.67. The first-order chi connectivity index (χ1) is 10.3. The van der Waals surface area contributed by atoms with Crippen LogP contribution in [0.3, 0.4) is 0 Å². The van der Waals surface area contributed by atoms with Crippen molar-refractivity contribution in [2.45, 2.75) is 51.9 Å². The number of halogens is 1. The van der Waals surface area contributed by atoms with E-state index in [0.29, 0.717) is 5.41 Å². The summed E-state index contributed by atoms with van der Waals surface area (Å²) in [6.45, 7) is 9.23. The van der Waals surface area contributed by atoms with Crippen molar-refractivity contribution in [3.63, 3.8) is 0 Å². The fourth-order valence-electron chi connectivity index (χ4n) is 4.62. The second-order valence-corrected chi connectivity index (χ2v) is 9.46. The molecule has 0 saturated heterocycles. The van der Waals surface area contributed by atoms with Crippen molar-refractivity contribution in [1.29, 1.82) is 0 Å². The van der Waals surface area contributed by atoms with Crippen molar-refractivity contribution in [1.82, 2.24) is 0 Å². The molecular weight excluding hydrogens is 314 g/mol. The first-order valence-corrected chi connectivity index (χ1v) is 9.20. The van der Waals surface area contributed by atoms with Crippen LogP contribution in [0.15, 0.2) is 23.4 Å². The van der Waals surface area contributed by atoms with E-state index >= 15 is 0 Å². The van der Waals surface area contributed by atoms with Crippen molar-refractivity contribution >= 4 is 28.4 Å². The predicted molar refractivity (Wildman–Crippen MR) is 93.4 cm³/mol. The van der Waals surface area contributed by atoms with Crippen LogP contribution in [0.2, 0.25) is 5.02 Å². The molecule has 0 radical (unpaired) electrons. The Labute approximate surface area is 141 Å². The van der Waals surface area contributed by atoms with E-state index in [9.17, 15) is 0 Å². The van der Waals surface area contributed by atoms with Crippen LogP contribution in [0.5, 0.6) is 0 Å². The van der Waals surface area contributed by atoms with Crippen LogP contribution in [0, 0.1) is 23.7 Å². The molecule has 2 nitrogen and oxygen atoms in total. The topological polar surface area (TPSA) is 21.6 Å². The van der Waals surface area contributed by atoms with Gasteiger partial charge in [0.2, 0.25) is 0 Å². The molecular formula is C18H22ClNOS. The van der Waals surface area contributed by atoms with Gasteiger partial charge in [0.1, 0.15) is 5.04 Å². The van der Waals surface area contributed by atoms with Gasteiger partial charge in [0.25, 0.3) is 0 Å². The van der Waals surface area contributed by atoms with Crippen LogP contribution in [0.4, 0.5) is 0 Å². The van der Waals surface area contributed by atoms with Crippen LogP contribution in [-0.2, 0) is 4.84 Å². The van der Waals surface area contributed by atoms with Crippen molar-refractivity contribution in [3.8, 4) is 0 Å². The minimum absolute atomic E-state index is 0.176. The van der Waals surface area contributed by atoms with Crippen LogP contribution in [0.1, 0.15) is 51.2 Å². The summed E-state index contributed by atoms with van der Waals surface area (Å²) in [5.41, 5.74) is 2.66. The van der Waals surface area contributed by atoms with Gasteiger partial charge in [-0.15, -0.1) is 0 Å². The number of nitrogens with zero attached hydrogens (tertiary/aromatic N) is 1. The molecule has 2 aliphatic carbocycles. The second-order valence-electron chi connectivity index (χ2n) is 7.80. The maximum Gasteiger partial charge on any atom is 0.194 e. The number of benzene rings is 1. The van der Waals surface area contributed by atoms with Gasteiger partial charge in [-0.2, -0.15) is 0 Å². The molecule has 0 unspecified atom stereocenters. The highest BCUT2D eigenvalue weighted by Gasteiger charge is 2.72. The lowest BCUT2D eigenvalue weighted by molar-refractivity contribution is -0.0659. The Morgan fingerprint density at radius 1 is 1.32 bits per heavy atom. The molecule has 22 heavy (non-hydrogen) atoms. The highest BCUT2D eigenvalue weighted by molar-refractivity contribution is 8.15. The second kappa shape index (κ2) is 4.45. The number of hydrogen-bond acceptors (Lipinski definition) is 3. The van der Waals surface area contributed by atoms with Crippen molar-refractivity contribution < 1.29 is 4.84 Å². The monoisotopic (exact) mass is 335 g/mol. The van der Waals surface area contributed by atoms with E-state index in [2.05, 4.69) is 38.1 Å². The Kier molecular flexibility index (Phi) is 3.01. The summed E-state index contributed by atoms with van der Waals surface area (Å²) >= 11 is 8.10. The lowest BCUT2D eigenvalue weighted by Gasteiger charge is -2.43. The number of thioether (sulfide) groups is 1. The van der Waals surface area contributed by atoms with Gasteiger partial charge >= 0.3 is 0 Å². The van der Waals surface area contributed by atoms with Crippen molar-refractivity contribution in [3.05, 3.63) is 34.3 Å².